The smallest absolute Gasteiger partial charge is 0.130 e. The van der Waals surface area contributed by atoms with E-state index >= 15 is 0 Å². The molecule has 1 heterocycles. The molecule has 2 nitrogen and oxygen atoms in total. The summed E-state index contributed by atoms with van der Waals surface area (Å²) < 4.78 is 18.9. The minimum atomic E-state index is -0.155. The van der Waals surface area contributed by atoms with E-state index in [0.29, 0.717) is 18.7 Å². The quantitative estimate of drug-likeness (QED) is 0.799. The highest BCUT2D eigenvalue weighted by molar-refractivity contribution is 5.38. The molecule has 76 valence electrons. The monoisotopic (exact) mass is 195 g/mol. The molecule has 0 saturated heterocycles. The van der Waals surface area contributed by atoms with E-state index in [9.17, 15) is 4.39 Å². The Bertz CT molecular complexity index is 327. The summed E-state index contributed by atoms with van der Waals surface area (Å²) in [5.41, 5.74) is 6.13. The summed E-state index contributed by atoms with van der Waals surface area (Å²) in [6.45, 7) is 0.665. The Morgan fingerprint density at radius 3 is 3.07 bits per heavy atom. The van der Waals surface area contributed by atoms with Gasteiger partial charge in [-0.15, -0.1) is 0 Å². The van der Waals surface area contributed by atoms with Gasteiger partial charge in [0.2, 0.25) is 0 Å². The lowest BCUT2D eigenvalue weighted by Gasteiger charge is -2.08. The van der Waals surface area contributed by atoms with Crippen LogP contribution in [0.3, 0.4) is 0 Å². The second kappa shape index (κ2) is 3.96. The molecule has 0 amide bonds. The normalized spacial score (nSPS) is 19.1. The molecular formula is C11H14FNO. The van der Waals surface area contributed by atoms with Crippen molar-refractivity contribution >= 4 is 0 Å². The van der Waals surface area contributed by atoms with Crippen LogP contribution in [0.15, 0.2) is 18.2 Å². The number of halogens is 1. The van der Waals surface area contributed by atoms with Crippen LogP contribution in [0.1, 0.15) is 18.4 Å². The standard InChI is InChI=1S/C11H14FNO/c12-10-4-1-5-11-9(10)7-8(14-11)3-2-6-13/h1,4-5,8H,2-3,6-7,13H2. The van der Waals surface area contributed by atoms with Crippen LogP contribution in [-0.4, -0.2) is 12.6 Å². The van der Waals surface area contributed by atoms with Gasteiger partial charge in [-0.2, -0.15) is 0 Å². The van der Waals surface area contributed by atoms with Gasteiger partial charge in [-0.3, -0.25) is 0 Å². The van der Waals surface area contributed by atoms with Crippen LogP contribution in [0, 0.1) is 5.82 Å². The van der Waals surface area contributed by atoms with E-state index in [1.165, 1.54) is 6.07 Å². The van der Waals surface area contributed by atoms with Crippen molar-refractivity contribution in [3.05, 3.63) is 29.6 Å². The molecule has 1 aliphatic rings. The summed E-state index contributed by atoms with van der Waals surface area (Å²) in [6, 6.07) is 4.98. The summed E-state index contributed by atoms with van der Waals surface area (Å²) in [6.07, 6.45) is 2.64. The highest BCUT2D eigenvalue weighted by Gasteiger charge is 2.24. The second-order valence-corrected chi connectivity index (χ2v) is 3.59. The maximum Gasteiger partial charge on any atom is 0.130 e. The third-order valence-corrected chi connectivity index (χ3v) is 2.53. The predicted octanol–water partition coefficient (Wildman–Crippen LogP) is 1.87. The molecule has 0 spiro atoms. The summed E-state index contributed by atoms with van der Waals surface area (Å²) in [7, 11) is 0. The zero-order chi connectivity index (χ0) is 9.97. The van der Waals surface area contributed by atoms with Gasteiger partial charge in [-0.25, -0.2) is 4.39 Å². The van der Waals surface area contributed by atoms with Crippen molar-refractivity contribution < 1.29 is 9.13 Å². The van der Waals surface area contributed by atoms with Crippen LogP contribution < -0.4 is 10.5 Å². The molecule has 1 aliphatic heterocycles. The fourth-order valence-corrected chi connectivity index (χ4v) is 1.80. The summed E-state index contributed by atoms with van der Waals surface area (Å²) in [5, 5.41) is 0. The van der Waals surface area contributed by atoms with Crippen molar-refractivity contribution in [2.24, 2.45) is 5.73 Å². The Labute approximate surface area is 82.9 Å². The van der Waals surface area contributed by atoms with Crippen LogP contribution in [0.25, 0.3) is 0 Å². The summed E-state index contributed by atoms with van der Waals surface area (Å²) >= 11 is 0. The van der Waals surface area contributed by atoms with E-state index in [4.69, 9.17) is 10.5 Å². The highest BCUT2D eigenvalue weighted by Crippen LogP contribution is 2.31. The lowest BCUT2D eigenvalue weighted by molar-refractivity contribution is 0.219. The molecule has 2 N–H and O–H groups in total. The van der Waals surface area contributed by atoms with Gasteiger partial charge >= 0.3 is 0 Å². The van der Waals surface area contributed by atoms with E-state index in [1.54, 1.807) is 6.07 Å². The topological polar surface area (TPSA) is 35.2 Å². The number of ether oxygens (including phenoxy) is 1. The van der Waals surface area contributed by atoms with Crippen LogP contribution in [0.5, 0.6) is 5.75 Å². The molecule has 1 aromatic carbocycles. The first kappa shape index (κ1) is 9.46. The number of hydrogen-bond donors (Lipinski definition) is 1. The van der Waals surface area contributed by atoms with E-state index in [0.717, 1.165) is 18.4 Å². The van der Waals surface area contributed by atoms with E-state index in [-0.39, 0.29) is 11.9 Å². The lowest BCUT2D eigenvalue weighted by Crippen LogP contribution is -2.14. The summed E-state index contributed by atoms with van der Waals surface area (Å²) in [5.74, 6) is 0.546. The van der Waals surface area contributed by atoms with Crippen molar-refractivity contribution in [3.8, 4) is 5.75 Å². The van der Waals surface area contributed by atoms with Crippen LogP contribution >= 0.6 is 0 Å². The molecule has 0 bridgehead atoms. The SMILES string of the molecule is NCCCC1Cc2c(F)cccc2O1. The molecule has 3 heteroatoms. The van der Waals surface area contributed by atoms with Crippen molar-refractivity contribution in [2.45, 2.75) is 25.4 Å². The first-order valence-electron chi connectivity index (χ1n) is 4.95. The van der Waals surface area contributed by atoms with Gasteiger partial charge in [0, 0.05) is 12.0 Å². The fourth-order valence-electron chi connectivity index (χ4n) is 1.80. The maximum absolute atomic E-state index is 13.3. The first-order chi connectivity index (χ1) is 6.81. The Morgan fingerprint density at radius 2 is 2.36 bits per heavy atom. The highest BCUT2D eigenvalue weighted by atomic mass is 19.1. The predicted molar refractivity (Wildman–Crippen MR) is 52.8 cm³/mol. The molecule has 1 aromatic rings. The van der Waals surface area contributed by atoms with E-state index < -0.39 is 0 Å². The zero-order valence-electron chi connectivity index (χ0n) is 8.00. The first-order valence-corrected chi connectivity index (χ1v) is 4.95. The van der Waals surface area contributed by atoms with Gasteiger partial charge in [-0.1, -0.05) is 6.07 Å². The van der Waals surface area contributed by atoms with Crippen molar-refractivity contribution in [2.75, 3.05) is 6.54 Å². The molecule has 0 aromatic heterocycles. The third kappa shape index (κ3) is 1.73. The minimum Gasteiger partial charge on any atom is -0.490 e. The Hall–Kier alpha value is -1.09. The van der Waals surface area contributed by atoms with Gasteiger partial charge in [0.1, 0.15) is 17.7 Å². The zero-order valence-corrected chi connectivity index (χ0v) is 8.00. The van der Waals surface area contributed by atoms with Gasteiger partial charge < -0.3 is 10.5 Å². The number of hydrogen-bond acceptors (Lipinski definition) is 2. The molecule has 1 unspecified atom stereocenters. The third-order valence-electron chi connectivity index (χ3n) is 2.53. The van der Waals surface area contributed by atoms with Gasteiger partial charge in [0.05, 0.1) is 0 Å². The second-order valence-electron chi connectivity index (χ2n) is 3.59. The molecule has 14 heavy (non-hydrogen) atoms. The van der Waals surface area contributed by atoms with Crippen molar-refractivity contribution in [3.63, 3.8) is 0 Å². The Balaban J connectivity index is 2.06. The van der Waals surface area contributed by atoms with E-state index in [2.05, 4.69) is 0 Å². The fraction of sp³-hybridized carbons (Fsp3) is 0.455. The van der Waals surface area contributed by atoms with Crippen LogP contribution in [-0.2, 0) is 6.42 Å². The average molecular weight is 195 g/mol. The van der Waals surface area contributed by atoms with E-state index in [1.807, 2.05) is 6.07 Å². The Kier molecular flexibility index (Phi) is 2.68. The number of benzene rings is 1. The van der Waals surface area contributed by atoms with Crippen LogP contribution in [0.4, 0.5) is 4.39 Å². The van der Waals surface area contributed by atoms with Gasteiger partial charge in [-0.05, 0) is 31.5 Å². The Morgan fingerprint density at radius 1 is 1.50 bits per heavy atom. The number of rotatable bonds is 3. The largest absolute Gasteiger partial charge is 0.490 e. The molecule has 0 radical (unpaired) electrons. The minimum absolute atomic E-state index is 0.116. The van der Waals surface area contributed by atoms with Gasteiger partial charge in [0.25, 0.3) is 0 Å². The number of nitrogens with two attached hydrogens (primary N) is 1. The van der Waals surface area contributed by atoms with Gasteiger partial charge in [0.15, 0.2) is 0 Å². The van der Waals surface area contributed by atoms with Crippen molar-refractivity contribution in [1.82, 2.24) is 0 Å². The summed E-state index contributed by atoms with van der Waals surface area (Å²) in [4.78, 5) is 0. The van der Waals surface area contributed by atoms with Crippen molar-refractivity contribution in [1.29, 1.82) is 0 Å². The maximum atomic E-state index is 13.3. The molecule has 2 rings (SSSR count). The molecular weight excluding hydrogens is 181 g/mol. The average Bonchev–Trinajstić information content (AvgIpc) is 2.59. The number of fused-ring (bicyclic) bond motifs is 1. The molecule has 0 saturated carbocycles. The molecule has 0 aliphatic carbocycles. The van der Waals surface area contributed by atoms with Crippen LogP contribution in [0.2, 0.25) is 0 Å². The molecule has 0 fully saturated rings. The molecule has 1 atom stereocenters. The lowest BCUT2D eigenvalue weighted by atomic mass is 10.1.